The third-order valence-corrected chi connectivity index (χ3v) is 6.70. The van der Waals surface area contributed by atoms with Crippen LogP contribution >= 0.6 is 0 Å². The number of para-hydroxylation sites is 1. The number of fused-ring (bicyclic) bond motifs is 1. The molecule has 5 rings (SSSR count). The maximum absolute atomic E-state index is 13.3. The Morgan fingerprint density at radius 1 is 1.09 bits per heavy atom. The highest BCUT2D eigenvalue weighted by Gasteiger charge is 2.34. The predicted octanol–water partition coefficient (Wildman–Crippen LogP) is 1.74. The molecule has 2 aromatic rings. The molecule has 2 unspecified atom stereocenters. The lowest BCUT2D eigenvalue weighted by molar-refractivity contribution is -0.128. The molecule has 0 bridgehead atoms. The first-order valence-electron chi connectivity index (χ1n) is 11.6. The highest BCUT2D eigenvalue weighted by Crippen LogP contribution is 2.39. The van der Waals surface area contributed by atoms with Crippen LogP contribution in [0.5, 0.6) is 5.75 Å². The van der Waals surface area contributed by atoms with E-state index in [-0.39, 0.29) is 30.6 Å². The Morgan fingerprint density at radius 3 is 2.70 bits per heavy atom. The van der Waals surface area contributed by atoms with E-state index >= 15 is 0 Å². The second kappa shape index (κ2) is 9.51. The molecule has 174 valence electrons. The summed E-state index contributed by atoms with van der Waals surface area (Å²) in [6.45, 7) is 3.55. The number of hydrogen-bond donors (Lipinski definition) is 2. The van der Waals surface area contributed by atoms with E-state index in [1.807, 2.05) is 41.3 Å². The maximum Gasteiger partial charge on any atom is 0.230 e. The average Bonchev–Trinajstić information content (AvgIpc) is 3.29. The first-order chi connectivity index (χ1) is 16.1. The second-order valence-electron chi connectivity index (χ2n) is 8.66. The van der Waals surface area contributed by atoms with Gasteiger partial charge in [0, 0.05) is 30.9 Å². The molecule has 8 nitrogen and oxygen atoms in total. The lowest BCUT2D eigenvalue weighted by atomic mass is 9.97. The van der Waals surface area contributed by atoms with Gasteiger partial charge in [-0.1, -0.05) is 30.3 Å². The summed E-state index contributed by atoms with van der Waals surface area (Å²) in [5.74, 6) is 0.800. The zero-order valence-electron chi connectivity index (χ0n) is 18.9. The Labute approximate surface area is 193 Å². The molecule has 3 aliphatic heterocycles. The minimum Gasteiger partial charge on any atom is -0.496 e. The van der Waals surface area contributed by atoms with E-state index in [0.717, 1.165) is 47.6 Å². The zero-order chi connectivity index (χ0) is 22.8. The Kier molecular flexibility index (Phi) is 6.30. The molecular weight excluding hydrogens is 420 g/mol. The van der Waals surface area contributed by atoms with E-state index in [1.165, 1.54) is 0 Å². The van der Waals surface area contributed by atoms with E-state index in [4.69, 9.17) is 9.47 Å². The molecule has 3 aliphatic rings. The monoisotopic (exact) mass is 450 g/mol. The molecule has 2 atom stereocenters. The van der Waals surface area contributed by atoms with Crippen LogP contribution < -0.4 is 20.3 Å². The van der Waals surface area contributed by atoms with Gasteiger partial charge in [0.15, 0.2) is 0 Å². The van der Waals surface area contributed by atoms with Crippen LogP contribution in [0.4, 0.5) is 5.69 Å². The summed E-state index contributed by atoms with van der Waals surface area (Å²) in [6, 6.07) is 14.0. The van der Waals surface area contributed by atoms with Gasteiger partial charge in [-0.05, 0) is 29.7 Å². The summed E-state index contributed by atoms with van der Waals surface area (Å²) >= 11 is 0. The van der Waals surface area contributed by atoms with Crippen LogP contribution in [0.15, 0.2) is 42.5 Å². The van der Waals surface area contributed by atoms with Crippen molar-refractivity contribution < 1.29 is 19.1 Å². The van der Waals surface area contributed by atoms with Crippen LogP contribution in [0, 0.1) is 0 Å². The quantitative estimate of drug-likeness (QED) is 0.722. The number of ether oxygens (including phenoxy) is 2. The highest BCUT2D eigenvalue weighted by molar-refractivity contribution is 5.98. The molecule has 0 spiro atoms. The molecule has 3 heterocycles. The summed E-state index contributed by atoms with van der Waals surface area (Å²) in [6.07, 6.45) is 0.942. The van der Waals surface area contributed by atoms with E-state index in [2.05, 4.69) is 21.6 Å². The number of nitrogens with one attached hydrogen (secondary N) is 2. The van der Waals surface area contributed by atoms with Gasteiger partial charge in [-0.3, -0.25) is 19.8 Å². The lowest BCUT2D eigenvalue weighted by Gasteiger charge is -2.40. The predicted molar refractivity (Wildman–Crippen MR) is 125 cm³/mol. The number of amides is 2. The fraction of sp³-hybridized carbons (Fsp3) is 0.440. The third kappa shape index (κ3) is 4.46. The van der Waals surface area contributed by atoms with Crippen molar-refractivity contribution >= 4 is 17.5 Å². The van der Waals surface area contributed by atoms with Crippen LogP contribution in [-0.4, -0.2) is 69.0 Å². The molecule has 8 heteroatoms. The fourth-order valence-corrected chi connectivity index (χ4v) is 5.09. The van der Waals surface area contributed by atoms with Gasteiger partial charge in [-0.25, -0.2) is 0 Å². The number of methoxy groups -OCH3 is 1. The molecule has 2 aromatic carbocycles. The molecule has 33 heavy (non-hydrogen) atoms. The number of morpholine rings is 1. The van der Waals surface area contributed by atoms with E-state index in [0.29, 0.717) is 26.2 Å². The number of carbonyl (C=O) groups excluding carboxylic acids is 2. The Bertz CT molecular complexity index is 1040. The van der Waals surface area contributed by atoms with Crippen molar-refractivity contribution in [1.29, 1.82) is 0 Å². The van der Waals surface area contributed by atoms with E-state index in [9.17, 15) is 9.59 Å². The topological polar surface area (TPSA) is 83.1 Å². The van der Waals surface area contributed by atoms with Crippen molar-refractivity contribution in [3.63, 3.8) is 0 Å². The summed E-state index contributed by atoms with van der Waals surface area (Å²) in [5, 5.41) is 6.40. The highest BCUT2D eigenvalue weighted by atomic mass is 16.5. The standard InChI is InChI=1S/C25H30N4O4/c1-32-21-8-3-2-5-19(21)17-6-4-7-20-18(17)9-10-29(20)25(31)15-22-26-23(16-24(30)27-22)28-11-13-33-14-12-28/h2-8,22-23,26H,9-16H2,1H3,(H,27,30). The SMILES string of the molecule is COc1ccccc1-c1cccc2c1CCN2C(=O)CC1NC(=O)CC(N2CCOCC2)N1. The van der Waals surface area contributed by atoms with Crippen LogP contribution in [0.25, 0.3) is 11.1 Å². The Hall–Kier alpha value is -2.94. The number of rotatable bonds is 5. The molecule has 0 saturated carbocycles. The summed E-state index contributed by atoms with van der Waals surface area (Å²) in [5.41, 5.74) is 4.22. The van der Waals surface area contributed by atoms with Crippen LogP contribution in [0.3, 0.4) is 0 Å². The number of hydrogen-bond acceptors (Lipinski definition) is 6. The first kappa shape index (κ1) is 21.9. The molecule has 2 fully saturated rings. The molecule has 2 N–H and O–H groups in total. The smallest absolute Gasteiger partial charge is 0.230 e. The van der Waals surface area contributed by atoms with Crippen molar-refractivity contribution in [2.75, 3.05) is 44.9 Å². The van der Waals surface area contributed by atoms with Gasteiger partial charge in [-0.2, -0.15) is 0 Å². The average molecular weight is 451 g/mol. The minimum atomic E-state index is -0.381. The van der Waals surface area contributed by atoms with Gasteiger partial charge in [-0.15, -0.1) is 0 Å². The third-order valence-electron chi connectivity index (χ3n) is 6.70. The molecule has 2 amide bonds. The van der Waals surface area contributed by atoms with Gasteiger partial charge in [0.25, 0.3) is 0 Å². The fourth-order valence-electron chi connectivity index (χ4n) is 5.09. The number of anilines is 1. The normalized spacial score (nSPS) is 23.2. The van der Waals surface area contributed by atoms with Gasteiger partial charge in [0.1, 0.15) is 5.75 Å². The largest absolute Gasteiger partial charge is 0.496 e. The Balaban J connectivity index is 1.32. The lowest BCUT2D eigenvalue weighted by Crippen LogP contribution is -2.63. The van der Waals surface area contributed by atoms with Gasteiger partial charge < -0.3 is 19.7 Å². The van der Waals surface area contributed by atoms with Crippen LogP contribution in [-0.2, 0) is 20.7 Å². The van der Waals surface area contributed by atoms with Gasteiger partial charge in [0.05, 0.1) is 45.5 Å². The second-order valence-corrected chi connectivity index (χ2v) is 8.66. The van der Waals surface area contributed by atoms with Gasteiger partial charge in [0.2, 0.25) is 11.8 Å². The number of nitrogens with zero attached hydrogens (tertiary/aromatic N) is 2. The van der Waals surface area contributed by atoms with Crippen molar-refractivity contribution in [1.82, 2.24) is 15.5 Å². The summed E-state index contributed by atoms with van der Waals surface area (Å²) in [7, 11) is 1.67. The van der Waals surface area contributed by atoms with Crippen molar-refractivity contribution in [3.05, 3.63) is 48.0 Å². The van der Waals surface area contributed by atoms with Crippen LogP contribution in [0.1, 0.15) is 18.4 Å². The maximum atomic E-state index is 13.3. The van der Waals surface area contributed by atoms with Crippen LogP contribution in [0.2, 0.25) is 0 Å². The summed E-state index contributed by atoms with van der Waals surface area (Å²) < 4.78 is 11.0. The van der Waals surface area contributed by atoms with E-state index in [1.54, 1.807) is 7.11 Å². The van der Waals surface area contributed by atoms with E-state index < -0.39 is 0 Å². The number of benzene rings is 2. The van der Waals surface area contributed by atoms with Crippen molar-refractivity contribution in [2.24, 2.45) is 0 Å². The Morgan fingerprint density at radius 2 is 1.88 bits per heavy atom. The van der Waals surface area contributed by atoms with Crippen molar-refractivity contribution in [3.8, 4) is 16.9 Å². The molecule has 2 saturated heterocycles. The molecule has 0 radical (unpaired) electrons. The number of carbonyl (C=O) groups is 2. The molecule has 0 aliphatic carbocycles. The minimum absolute atomic E-state index is 0.00588. The molecule has 0 aromatic heterocycles. The van der Waals surface area contributed by atoms with Crippen molar-refractivity contribution in [2.45, 2.75) is 31.6 Å². The molecular formula is C25H30N4O4. The first-order valence-corrected chi connectivity index (χ1v) is 11.6. The summed E-state index contributed by atoms with van der Waals surface area (Å²) in [4.78, 5) is 29.7. The van der Waals surface area contributed by atoms with Gasteiger partial charge >= 0.3 is 0 Å². The zero-order valence-corrected chi connectivity index (χ0v) is 18.9.